The van der Waals surface area contributed by atoms with Crippen molar-refractivity contribution >= 4 is 22.9 Å². The van der Waals surface area contributed by atoms with Crippen molar-refractivity contribution in [3.8, 4) is 0 Å². The molecule has 0 spiro atoms. The Morgan fingerprint density at radius 2 is 1.80 bits per heavy atom. The lowest BCUT2D eigenvalue weighted by Gasteiger charge is -2.22. The van der Waals surface area contributed by atoms with Crippen LogP contribution in [0.5, 0.6) is 0 Å². The fourth-order valence-electron chi connectivity index (χ4n) is 2.35. The van der Waals surface area contributed by atoms with Crippen molar-refractivity contribution < 1.29 is 0 Å². The molecule has 1 aromatic heterocycles. The van der Waals surface area contributed by atoms with Gasteiger partial charge in [0.15, 0.2) is 0 Å². The minimum Gasteiger partial charge on any atom is -0.303 e. The van der Waals surface area contributed by atoms with Crippen LogP contribution in [0, 0.1) is 0 Å². The number of nitrogens with one attached hydrogen (secondary N) is 1. The molecule has 0 radical (unpaired) electrons. The third-order valence-electron chi connectivity index (χ3n) is 3.59. The third-order valence-corrected chi connectivity index (χ3v) is 5.25. The second-order valence-electron chi connectivity index (χ2n) is 5.06. The van der Waals surface area contributed by atoms with Gasteiger partial charge >= 0.3 is 0 Å². The standard InChI is InChI=1S/C17H22ClNS/c1-4-15-10-11-17(20-15)12(3)19-16(5-2)13-6-8-14(18)9-7-13/h6-12,16,19H,4-5H2,1-3H3. The maximum Gasteiger partial charge on any atom is 0.0406 e. The van der Waals surface area contributed by atoms with E-state index in [4.69, 9.17) is 11.6 Å². The highest BCUT2D eigenvalue weighted by Crippen LogP contribution is 2.27. The molecule has 0 fully saturated rings. The van der Waals surface area contributed by atoms with Crippen molar-refractivity contribution in [2.75, 3.05) is 0 Å². The smallest absolute Gasteiger partial charge is 0.0406 e. The first-order valence-corrected chi connectivity index (χ1v) is 8.43. The molecule has 0 saturated heterocycles. The van der Waals surface area contributed by atoms with Crippen molar-refractivity contribution in [3.05, 3.63) is 56.7 Å². The summed E-state index contributed by atoms with van der Waals surface area (Å²) in [7, 11) is 0. The van der Waals surface area contributed by atoms with Crippen molar-refractivity contribution in [3.63, 3.8) is 0 Å². The van der Waals surface area contributed by atoms with Gasteiger partial charge in [-0.1, -0.05) is 37.6 Å². The number of hydrogen-bond acceptors (Lipinski definition) is 2. The normalized spacial score (nSPS) is 14.2. The first-order valence-electron chi connectivity index (χ1n) is 7.24. The zero-order valence-corrected chi connectivity index (χ0v) is 13.9. The minimum absolute atomic E-state index is 0.370. The Morgan fingerprint density at radius 1 is 1.10 bits per heavy atom. The molecule has 0 aliphatic carbocycles. The number of halogens is 1. The summed E-state index contributed by atoms with van der Waals surface area (Å²) in [5, 5.41) is 4.52. The fourth-order valence-corrected chi connectivity index (χ4v) is 3.44. The highest BCUT2D eigenvalue weighted by atomic mass is 35.5. The quantitative estimate of drug-likeness (QED) is 0.714. The van der Waals surface area contributed by atoms with Crippen molar-refractivity contribution in [2.24, 2.45) is 0 Å². The Kier molecular flexibility index (Phi) is 5.64. The largest absolute Gasteiger partial charge is 0.303 e. The Labute approximate surface area is 131 Å². The van der Waals surface area contributed by atoms with Crippen LogP contribution in [0.4, 0.5) is 0 Å². The number of rotatable bonds is 6. The molecule has 0 aliphatic heterocycles. The molecule has 1 N–H and O–H groups in total. The molecule has 1 nitrogen and oxygen atoms in total. The Hall–Kier alpha value is -0.830. The number of hydrogen-bond donors (Lipinski definition) is 1. The first-order chi connectivity index (χ1) is 9.63. The van der Waals surface area contributed by atoms with E-state index in [-0.39, 0.29) is 0 Å². The molecule has 3 heteroatoms. The maximum absolute atomic E-state index is 5.96. The molecule has 0 saturated carbocycles. The average Bonchev–Trinajstić information content (AvgIpc) is 2.94. The molecule has 108 valence electrons. The predicted molar refractivity (Wildman–Crippen MR) is 89.7 cm³/mol. The van der Waals surface area contributed by atoms with E-state index in [2.05, 4.69) is 50.4 Å². The topological polar surface area (TPSA) is 12.0 Å². The zero-order chi connectivity index (χ0) is 14.5. The second kappa shape index (κ2) is 7.26. The summed E-state index contributed by atoms with van der Waals surface area (Å²) in [4.78, 5) is 2.86. The van der Waals surface area contributed by atoms with Gasteiger partial charge in [-0.25, -0.2) is 0 Å². The van der Waals surface area contributed by atoms with Crippen molar-refractivity contribution in [1.82, 2.24) is 5.32 Å². The molecule has 0 aliphatic rings. The minimum atomic E-state index is 0.370. The van der Waals surface area contributed by atoms with E-state index >= 15 is 0 Å². The molecule has 2 atom stereocenters. The number of aryl methyl sites for hydroxylation is 1. The van der Waals surface area contributed by atoms with Gasteiger partial charge < -0.3 is 5.32 Å². The van der Waals surface area contributed by atoms with Gasteiger partial charge in [-0.3, -0.25) is 0 Å². The summed E-state index contributed by atoms with van der Waals surface area (Å²) in [5.41, 5.74) is 1.30. The van der Waals surface area contributed by atoms with E-state index in [0.717, 1.165) is 17.9 Å². The van der Waals surface area contributed by atoms with Crippen molar-refractivity contribution in [2.45, 2.75) is 45.7 Å². The molecular formula is C17H22ClNS. The van der Waals surface area contributed by atoms with Crippen LogP contribution in [0.3, 0.4) is 0 Å². The Bertz CT molecular complexity index is 532. The zero-order valence-electron chi connectivity index (χ0n) is 12.3. The molecule has 2 unspecified atom stereocenters. The highest BCUT2D eigenvalue weighted by Gasteiger charge is 2.15. The van der Waals surface area contributed by atoms with Gasteiger partial charge in [0.2, 0.25) is 0 Å². The van der Waals surface area contributed by atoms with Crippen LogP contribution in [-0.2, 0) is 6.42 Å². The first kappa shape index (κ1) is 15.6. The Balaban J connectivity index is 2.07. The molecule has 1 aromatic carbocycles. The fraction of sp³-hybridized carbons (Fsp3) is 0.412. The molecule has 0 amide bonds. The number of benzene rings is 1. The van der Waals surface area contributed by atoms with Gasteiger partial charge in [0.1, 0.15) is 0 Å². The molecule has 20 heavy (non-hydrogen) atoms. The number of thiophene rings is 1. The molecule has 2 rings (SSSR count). The van der Waals surface area contributed by atoms with Crippen LogP contribution in [0.15, 0.2) is 36.4 Å². The van der Waals surface area contributed by atoms with E-state index in [1.807, 2.05) is 23.5 Å². The van der Waals surface area contributed by atoms with E-state index < -0.39 is 0 Å². The summed E-state index contributed by atoms with van der Waals surface area (Å²) < 4.78 is 0. The van der Waals surface area contributed by atoms with Gasteiger partial charge in [-0.2, -0.15) is 0 Å². The predicted octanol–water partition coefficient (Wildman–Crippen LogP) is 5.77. The van der Waals surface area contributed by atoms with Gasteiger partial charge in [-0.15, -0.1) is 11.3 Å². The van der Waals surface area contributed by atoms with Crippen molar-refractivity contribution in [1.29, 1.82) is 0 Å². The lowest BCUT2D eigenvalue weighted by Crippen LogP contribution is -2.23. The van der Waals surface area contributed by atoms with E-state index in [0.29, 0.717) is 12.1 Å². The van der Waals surface area contributed by atoms with Crippen LogP contribution in [0.1, 0.15) is 54.6 Å². The molecule has 2 aromatic rings. The van der Waals surface area contributed by atoms with E-state index in [1.54, 1.807) is 0 Å². The second-order valence-corrected chi connectivity index (χ2v) is 6.69. The lowest BCUT2D eigenvalue weighted by atomic mass is 10.0. The van der Waals surface area contributed by atoms with E-state index in [1.165, 1.54) is 15.3 Å². The summed E-state index contributed by atoms with van der Waals surface area (Å²) in [6.45, 7) is 6.66. The van der Waals surface area contributed by atoms with Gasteiger partial charge in [0.25, 0.3) is 0 Å². The molecular weight excluding hydrogens is 286 g/mol. The SMILES string of the molecule is CCc1ccc(C(C)NC(CC)c2ccc(Cl)cc2)s1. The van der Waals surface area contributed by atoms with Crippen LogP contribution >= 0.6 is 22.9 Å². The highest BCUT2D eigenvalue weighted by molar-refractivity contribution is 7.12. The average molecular weight is 308 g/mol. The maximum atomic E-state index is 5.96. The molecule has 1 heterocycles. The van der Waals surface area contributed by atoms with Crippen LogP contribution in [0.2, 0.25) is 5.02 Å². The monoisotopic (exact) mass is 307 g/mol. The summed E-state index contributed by atoms with van der Waals surface area (Å²) in [6, 6.07) is 13.4. The van der Waals surface area contributed by atoms with Crippen LogP contribution in [0.25, 0.3) is 0 Å². The van der Waals surface area contributed by atoms with Gasteiger partial charge in [0.05, 0.1) is 0 Å². The van der Waals surface area contributed by atoms with Crippen LogP contribution < -0.4 is 5.32 Å². The molecule has 0 bridgehead atoms. The van der Waals surface area contributed by atoms with Crippen LogP contribution in [-0.4, -0.2) is 0 Å². The van der Waals surface area contributed by atoms with Gasteiger partial charge in [0, 0.05) is 26.9 Å². The van der Waals surface area contributed by atoms with E-state index in [9.17, 15) is 0 Å². The summed E-state index contributed by atoms with van der Waals surface area (Å²) in [6.07, 6.45) is 2.18. The summed E-state index contributed by atoms with van der Waals surface area (Å²) >= 11 is 7.87. The Morgan fingerprint density at radius 3 is 2.35 bits per heavy atom. The third kappa shape index (κ3) is 3.85. The summed E-state index contributed by atoms with van der Waals surface area (Å²) in [5.74, 6) is 0. The lowest BCUT2D eigenvalue weighted by molar-refractivity contribution is 0.460. The van der Waals surface area contributed by atoms with Gasteiger partial charge in [-0.05, 0) is 49.6 Å².